The molecule has 5 heterocycles. The molecule has 0 fully saturated rings. The number of halogens is 2. The van der Waals surface area contributed by atoms with Crippen molar-refractivity contribution in [3.05, 3.63) is 121 Å². The van der Waals surface area contributed by atoms with E-state index in [2.05, 4.69) is 24.9 Å². The fourth-order valence-corrected chi connectivity index (χ4v) is 11.2. The van der Waals surface area contributed by atoms with Crippen molar-refractivity contribution in [2.75, 3.05) is 23.5 Å². The molecule has 0 saturated heterocycles. The molecule has 21 nitrogen and oxygen atoms in total. The number of benzene rings is 3. The highest BCUT2D eigenvalue weighted by Gasteiger charge is 2.26. The van der Waals surface area contributed by atoms with Crippen molar-refractivity contribution < 1.29 is 77.0 Å². The highest BCUT2D eigenvalue weighted by molar-refractivity contribution is 7.92. The lowest BCUT2D eigenvalue weighted by Gasteiger charge is -2.09. The van der Waals surface area contributed by atoms with Crippen LogP contribution in [-0.4, -0.2) is 110 Å². The zero-order valence-electron chi connectivity index (χ0n) is 38.2. The molecule has 0 unspecified atom stereocenters. The van der Waals surface area contributed by atoms with Gasteiger partial charge in [0, 0.05) is 36.8 Å². The van der Waals surface area contributed by atoms with Crippen LogP contribution in [0.1, 0.15) is 36.8 Å². The summed E-state index contributed by atoms with van der Waals surface area (Å²) in [5.41, 5.74) is 0.571. The molecule has 0 bridgehead atoms. The van der Waals surface area contributed by atoms with Crippen LogP contribution in [0.5, 0.6) is 5.75 Å². The van der Waals surface area contributed by atoms with Gasteiger partial charge in [-0.3, -0.25) is 9.78 Å². The van der Waals surface area contributed by atoms with Gasteiger partial charge in [-0.25, -0.2) is 53.6 Å². The van der Waals surface area contributed by atoms with Crippen LogP contribution in [0, 0.1) is 0 Å². The second-order valence-corrected chi connectivity index (χ2v) is 26.5. The first-order valence-corrected chi connectivity index (χ1v) is 30.4. The first-order valence-electron chi connectivity index (χ1n) is 20.8. The minimum absolute atomic E-state index is 0.0141. The Morgan fingerprint density at radius 2 is 0.932 bits per heavy atom. The Morgan fingerprint density at radius 1 is 0.534 bits per heavy atom. The molecule has 0 aliphatic heterocycles. The molecule has 0 aliphatic rings. The molecule has 1 N–H and O–H groups in total. The van der Waals surface area contributed by atoms with Crippen molar-refractivity contribution in [3.63, 3.8) is 0 Å². The molecular weight excluding hydrogens is 1080 g/mol. The predicted molar refractivity (Wildman–Crippen MR) is 258 cm³/mol. The number of hydrogen-bond donors (Lipinski definition) is 1. The Kier molecular flexibility index (Phi) is 16.1. The number of nitrogens with zero attached hydrogens (tertiary/aromatic N) is 5. The van der Waals surface area contributed by atoms with Crippen molar-refractivity contribution >= 4 is 87.8 Å². The van der Waals surface area contributed by atoms with Crippen LogP contribution in [0.25, 0.3) is 45.4 Å². The summed E-state index contributed by atoms with van der Waals surface area (Å²) < 4.78 is 177. The minimum atomic E-state index is -5.01. The quantitative estimate of drug-likeness (QED) is 0.0950. The van der Waals surface area contributed by atoms with E-state index in [9.17, 15) is 68.2 Å². The van der Waals surface area contributed by atoms with E-state index in [1.54, 1.807) is 0 Å². The lowest BCUT2D eigenvalue weighted by molar-refractivity contribution is 0.0983. The summed E-state index contributed by atoms with van der Waals surface area (Å²) in [4.78, 5) is 31.1. The van der Waals surface area contributed by atoms with E-state index >= 15 is 0 Å². The van der Waals surface area contributed by atoms with Gasteiger partial charge in [0.1, 0.15) is 38.8 Å². The topological polar surface area (TPSA) is 333 Å². The number of hydrogen-bond acceptors (Lipinski definition) is 21. The highest BCUT2D eigenvalue weighted by atomic mass is 32.3. The molecule has 29 heteroatoms. The summed E-state index contributed by atoms with van der Waals surface area (Å²) in [6.45, 7) is 4.45. The average molecular weight is 1120 g/mol. The Labute approximate surface area is 417 Å². The number of Topliss-reactive ketones (excluding diaryl/α,β-unsaturated/α-hetero) is 1. The predicted octanol–water partition coefficient (Wildman–Crippen LogP) is 6.09. The molecule has 3 aromatic carbocycles. The molecule has 8 aromatic rings. The SMILES string of the molecule is CCS(=O)(=O)c1cccnc1-c1nc2cc(S(=O)(=O)F)ccc2o1.CCS(=O)(=O)c1cccnc1-c1nc2cc(S(C)(=O)=O)ccc2o1.CCS(=O)(=O)c1cccnc1C(=O)Cc1cc(S(=O)(=O)F)ccc1O. The molecule has 5 aromatic heterocycles. The van der Waals surface area contributed by atoms with Gasteiger partial charge in [-0.05, 0) is 91.0 Å². The van der Waals surface area contributed by atoms with E-state index in [0.717, 1.165) is 36.6 Å². The van der Waals surface area contributed by atoms with Gasteiger partial charge in [0.05, 0.1) is 41.7 Å². The summed E-state index contributed by atoms with van der Waals surface area (Å²) in [6.07, 6.45) is 4.62. The van der Waals surface area contributed by atoms with E-state index in [1.165, 1.54) is 100 Å². The molecule has 73 heavy (non-hydrogen) atoms. The van der Waals surface area contributed by atoms with Gasteiger partial charge >= 0.3 is 20.4 Å². The number of rotatable bonds is 14. The third-order valence-electron chi connectivity index (χ3n) is 10.2. The largest absolute Gasteiger partial charge is 0.508 e. The highest BCUT2D eigenvalue weighted by Crippen LogP contribution is 2.32. The minimum Gasteiger partial charge on any atom is -0.508 e. The average Bonchev–Trinajstić information content (AvgIpc) is 3.99. The fraction of sp³-hybridized carbons (Fsp3) is 0.182. The van der Waals surface area contributed by atoms with E-state index < -0.39 is 87.5 Å². The summed E-state index contributed by atoms with van der Waals surface area (Å²) in [6, 6.07) is 18.6. The number of phenols is 1. The lowest BCUT2D eigenvalue weighted by atomic mass is 10.1. The number of sulfone groups is 4. The number of carbonyl (C=O) groups is 1. The number of carbonyl (C=O) groups excluding carboxylic acids is 1. The van der Waals surface area contributed by atoms with Crippen molar-refractivity contribution in [3.8, 4) is 28.9 Å². The van der Waals surface area contributed by atoms with Gasteiger partial charge in [-0.15, -0.1) is 7.77 Å². The van der Waals surface area contributed by atoms with Gasteiger partial charge in [0.15, 0.2) is 56.3 Å². The third kappa shape index (κ3) is 12.8. The monoisotopic (exact) mass is 1120 g/mol. The Bertz CT molecular complexity index is 3970. The number of ketones is 1. The number of pyridine rings is 3. The molecule has 0 atom stereocenters. The lowest BCUT2D eigenvalue weighted by Crippen LogP contribution is -2.14. The van der Waals surface area contributed by atoms with Gasteiger partial charge in [0.25, 0.3) is 0 Å². The fourth-order valence-electron chi connectivity index (χ4n) is 6.43. The zero-order chi connectivity index (χ0) is 53.9. The van der Waals surface area contributed by atoms with Crippen LogP contribution in [0.4, 0.5) is 7.77 Å². The van der Waals surface area contributed by atoms with E-state index in [1.807, 2.05) is 0 Å². The number of aromatic nitrogens is 5. The van der Waals surface area contributed by atoms with Crippen LogP contribution in [0.2, 0.25) is 0 Å². The van der Waals surface area contributed by atoms with Gasteiger partial charge in [0.2, 0.25) is 11.8 Å². The Balaban J connectivity index is 0.000000179. The van der Waals surface area contributed by atoms with E-state index in [-0.39, 0.29) is 82.4 Å². The number of fused-ring (bicyclic) bond motifs is 2. The third-order valence-corrected chi connectivity index (χ3v) is 18.3. The number of oxazole rings is 2. The first kappa shape index (κ1) is 55.4. The molecule has 8 rings (SSSR count). The summed E-state index contributed by atoms with van der Waals surface area (Å²) in [5.74, 6) is -1.68. The smallest absolute Gasteiger partial charge is 0.332 e. The maximum absolute atomic E-state index is 13.1. The number of phenolic OH excluding ortho intramolecular Hbond substituents is 1. The van der Waals surface area contributed by atoms with Crippen molar-refractivity contribution in [1.29, 1.82) is 0 Å². The van der Waals surface area contributed by atoms with Crippen LogP contribution in [0.15, 0.2) is 148 Å². The molecule has 0 saturated carbocycles. The second-order valence-electron chi connectivity index (χ2n) is 15.1. The summed E-state index contributed by atoms with van der Waals surface area (Å²) in [7, 11) is -24.0. The summed E-state index contributed by atoms with van der Waals surface area (Å²) in [5, 5.41) is 9.76. The standard InChI is InChI=1S/C15H14FNO6S2.C15H14N2O5S2.C14H11FN2O5S2/c1-2-24(20,21)14-4-3-7-17-15(14)13(19)9-10-8-11(25(16,22)23)5-6-12(10)18;1-3-24(20,21)13-5-4-8-16-14(13)15-17-11-9-10(23(2,18)19)6-7-12(11)22-15;1-2-23(18,19)12-4-3-7-16-13(12)14-17-10-8-9(24(15,20)21)5-6-11(10)22-14/h3-8,18H,2,9H2,1H3;4-9H,3H2,1-2H3;3-8H,2H2,1H3. The van der Waals surface area contributed by atoms with Crippen LogP contribution in [0.3, 0.4) is 0 Å². The van der Waals surface area contributed by atoms with Gasteiger partial charge in [-0.1, -0.05) is 20.8 Å². The van der Waals surface area contributed by atoms with E-state index in [4.69, 9.17) is 8.83 Å². The Morgan fingerprint density at radius 3 is 1.38 bits per heavy atom. The molecule has 0 radical (unpaired) electrons. The van der Waals surface area contributed by atoms with Crippen molar-refractivity contribution in [2.45, 2.75) is 56.6 Å². The molecule has 0 aliphatic carbocycles. The molecule has 386 valence electrons. The first-order chi connectivity index (χ1) is 34.0. The van der Waals surface area contributed by atoms with Crippen molar-refractivity contribution in [2.24, 2.45) is 0 Å². The molecule has 0 spiro atoms. The van der Waals surface area contributed by atoms with Crippen LogP contribution < -0.4 is 0 Å². The zero-order valence-corrected chi connectivity index (χ0v) is 43.1. The Hall–Kier alpha value is -6.92. The normalized spacial score (nSPS) is 12.4. The van der Waals surface area contributed by atoms with Crippen molar-refractivity contribution in [1.82, 2.24) is 24.9 Å². The van der Waals surface area contributed by atoms with E-state index in [0.29, 0.717) is 11.1 Å². The van der Waals surface area contributed by atoms with Crippen LogP contribution in [-0.2, 0) is 66.2 Å². The van der Waals surface area contributed by atoms with Gasteiger partial charge in [-0.2, -0.15) is 16.8 Å². The second kappa shape index (κ2) is 21.3. The van der Waals surface area contributed by atoms with Gasteiger partial charge < -0.3 is 13.9 Å². The maximum atomic E-state index is 13.1. The molecular formula is C44H39F2N5O16S6. The van der Waals surface area contributed by atoms with Crippen LogP contribution >= 0.6 is 0 Å². The molecule has 0 amide bonds. The maximum Gasteiger partial charge on any atom is 0.332 e. The number of aromatic hydroxyl groups is 1. The summed E-state index contributed by atoms with van der Waals surface area (Å²) >= 11 is 0.